The molecular weight excluding hydrogens is 402 g/mol. The number of carbonyl (C=O) groups excluding carboxylic acids is 1. The molecule has 0 spiro atoms. The van der Waals surface area contributed by atoms with Gasteiger partial charge < -0.3 is 24.7 Å². The van der Waals surface area contributed by atoms with Crippen LogP contribution in [-0.2, 0) is 0 Å². The van der Waals surface area contributed by atoms with Gasteiger partial charge in [-0.05, 0) is 64.8 Å². The minimum absolute atomic E-state index is 0.143. The highest BCUT2D eigenvalue weighted by Crippen LogP contribution is 2.42. The molecule has 0 bridgehead atoms. The first-order valence-electron chi connectivity index (χ1n) is 7.95. The van der Waals surface area contributed by atoms with E-state index < -0.39 is 0 Å². The van der Waals surface area contributed by atoms with Gasteiger partial charge >= 0.3 is 0 Å². The highest BCUT2D eigenvalue weighted by atomic mass is 79.9. The van der Waals surface area contributed by atoms with Crippen LogP contribution in [0, 0.1) is 0 Å². The number of allylic oxidation sites excluding steroid dienone is 1. The molecule has 2 aromatic rings. The van der Waals surface area contributed by atoms with Gasteiger partial charge in [0.15, 0.2) is 17.3 Å². The van der Waals surface area contributed by atoms with E-state index in [1.54, 1.807) is 43.5 Å². The van der Waals surface area contributed by atoms with Crippen molar-refractivity contribution in [1.82, 2.24) is 0 Å². The molecule has 0 amide bonds. The third kappa shape index (κ3) is 3.62. The molecule has 2 N–H and O–H groups in total. The van der Waals surface area contributed by atoms with Crippen molar-refractivity contribution in [2.24, 2.45) is 0 Å². The van der Waals surface area contributed by atoms with E-state index in [2.05, 4.69) is 15.9 Å². The van der Waals surface area contributed by atoms with Crippen molar-refractivity contribution < 1.29 is 23.7 Å². The van der Waals surface area contributed by atoms with Gasteiger partial charge in [-0.15, -0.1) is 0 Å². The normalized spacial score (nSPS) is 12.8. The fourth-order valence-corrected chi connectivity index (χ4v) is 3.05. The maximum Gasteiger partial charge on any atom is 0.231 e. The Morgan fingerprint density at radius 1 is 1.27 bits per heavy atom. The van der Waals surface area contributed by atoms with Crippen molar-refractivity contribution in [2.75, 3.05) is 26.2 Å². The van der Waals surface area contributed by atoms with Gasteiger partial charge in [0.25, 0.3) is 0 Å². The predicted molar refractivity (Wildman–Crippen MR) is 102 cm³/mol. The Balaban J connectivity index is 1.88. The number of hydrogen-bond acceptors (Lipinski definition) is 6. The molecule has 0 radical (unpaired) electrons. The largest absolute Gasteiger partial charge is 0.493 e. The summed E-state index contributed by atoms with van der Waals surface area (Å²) in [5.41, 5.74) is 7.56. The number of anilines is 1. The van der Waals surface area contributed by atoms with Crippen LogP contribution in [0.15, 0.2) is 34.8 Å². The van der Waals surface area contributed by atoms with Crippen molar-refractivity contribution in [3.05, 3.63) is 45.9 Å². The molecule has 26 heavy (non-hydrogen) atoms. The van der Waals surface area contributed by atoms with E-state index in [9.17, 15) is 4.79 Å². The van der Waals surface area contributed by atoms with Crippen molar-refractivity contribution in [2.45, 2.75) is 6.92 Å². The Bertz CT molecular complexity index is 878. The molecule has 0 saturated heterocycles. The third-order valence-electron chi connectivity index (χ3n) is 3.76. The van der Waals surface area contributed by atoms with Crippen LogP contribution >= 0.6 is 15.9 Å². The molecule has 2 aromatic carbocycles. The van der Waals surface area contributed by atoms with E-state index in [-0.39, 0.29) is 12.6 Å². The fourth-order valence-electron chi connectivity index (χ4n) is 2.56. The second-order valence-electron chi connectivity index (χ2n) is 5.46. The quantitative estimate of drug-likeness (QED) is 0.432. The van der Waals surface area contributed by atoms with Crippen molar-refractivity contribution in [3.63, 3.8) is 0 Å². The van der Waals surface area contributed by atoms with Gasteiger partial charge in [-0.2, -0.15) is 0 Å². The van der Waals surface area contributed by atoms with E-state index in [1.165, 1.54) is 0 Å². The first kappa shape index (κ1) is 18.1. The first-order chi connectivity index (χ1) is 12.5. The topological polar surface area (TPSA) is 80.0 Å². The lowest BCUT2D eigenvalue weighted by molar-refractivity contribution is 0.104. The Labute approximate surface area is 159 Å². The summed E-state index contributed by atoms with van der Waals surface area (Å²) in [7, 11) is 1.55. The lowest BCUT2D eigenvalue weighted by Crippen LogP contribution is -2.02. The maximum atomic E-state index is 12.7. The van der Waals surface area contributed by atoms with Crippen molar-refractivity contribution in [1.29, 1.82) is 0 Å². The summed E-state index contributed by atoms with van der Waals surface area (Å²) >= 11 is 3.34. The molecule has 0 aliphatic carbocycles. The monoisotopic (exact) mass is 419 g/mol. The van der Waals surface area contributed by atoms with Crippen LogP contribution in [0.25, 0.3) is 6.08 Å². The second kappa shape index (κ2) is 7.70. The number of rotatable bonds is 6. The highest BCUT2D eigenvalue weighted by molar-refractivity contribution is 9.12. The molecular formula is C19H18BrNO5. The fraction of sp³-hybridized carbons (Fsp3) is 0.211. The van der Waals surface area contributed by atoms with Gasteiger partial charge in [-0.3, -0.25) is 4.79 Å². The average molecular weight is 420 g/mol. The Kier molecular flexibility index (Phi) is 5.37. The lowest BCUT2D eigenvalue weighted by Gasteiger charge is -2.09. The van der Waals surface area contributed by atoms with Crippen LogP contribution in [0.3, 0.4) is 0 Å². The maximum absolute atomic E-state index is 12.7. The number of methoxy groups -OCH3 is 1. The number of ether oxygens (including phenoxy) is 4. The van der Waals surface area contributed by atoms with Gasteiger partial charge in [-0.25, -0.2) is 0 Å². The molecule has 0 atom stereocenters. The number of halogens is 1. The first-order valence-corrected chi connectivity index (χ1v) is 8.74. The Morgan fingerprint density at radius 3 is 2.77 bits per heavy atom. The average Bonchev–Trinajstić information content (AvgIpc) is 3.10. The highest BCUT2D eigenvalue weighted by Gasteiger charge is 2.20. The molecule has 7 heteroatoms. The van der Waals surface area contributed by atoms with E-state index in [4.69, 9.17) is 24.7 Å². The van der Waals surface area contributed by atoms with Gasteiger partial charge in [-0.1, -0.05) is 0 Å². The van der Waals surface area contributed by atoms with E-state index in [0.717, 1.165) is 5.56 Å². The summed E-state index contributed by atoms with van der Waals surface area (Å²) in [6.07, 6.45) is 1.69. The van der Waals surface area contributed by atoms with Crippen LogP contribution < -0.4 is 24.7 Å². The van der Waals surface area contributed by atoms with Crippen LogP contribution in [-0.4, -0.2) is 26.3 Å². The Morgan fingerprint density at radius 2 is 2.08 bits per heavy atom. The van der Waals surface area contributed by atoms with Gasteiger partial charge in [0.1, 0.15) is 5.75 Å². The van der Waals surface area contributed by atoms with E-state index in [1.807, 2.05) is 6.92 Å². The van der Waals surface area contributed by atoms with Crippen LogP contribution in [0.4, 0.5) is 5.69 Å². The smallest absolute Gasteiger partial charge is 0.231 e. The van der Waals surface area contributed by atoms with Crippen molar-refractivity contribution in [3.8, 4) is 23.0 Å². The summed E-state index contributed by atoms with van der Waals surface area (Å²) in [6, 6.07) is 8.53. The summed E-state index contributed by atoms with van der Waals surface area (Å²) < 4.78 is 21.8. The molecule has 6 nitrogen and oxygen atoms in total. The predicted octanol–water partition coefficient (Wildman–Crippen LogP) is 4.02. The molecule has 1 aliphatic rings. The number of ketones is 1. The zero-order valence-electron chi connectivity index (χ0n) is 14.4. The number of Topliss-reactive ketones (excluding diaryl/α,β-unsaturated/α-hetero) is 1. The molecule has 0 saturated carbocycles. The van der Waals surface area contributed by atoms with Gasteiger partial charge in [0.2, 0.25) is 12.5 Å². The minimum Gasteiger partial charge on any atom is -0.493 e. The molecule has 3 rings (SSSR count). The Hall–Kier alpha value is -2.67. The van der Waals surface area contributed by atoms with Crippen LogP contribution in [0.1, 0.15) is 22.8 Å². The summed E-state index contributed by atoms with van der Waals surface area (Å²) in [4.78, 5) is 12.7. The second-order valence-corrected chi connectivity index (χ2v) is 6.32. The SMILES string of the molecule is CCOc1ccc(C(=O)/C(Br)=C\c2cc(OC)c3c(c2)OCO3)cc1N. The molecule has 0 unspecified atom stereocenters. The molecule has 1 heterocycles. The molecule has 136 valence electrons. The molecule has 1 aliphatic heterocycles. The van der Waals surface area contributed by atoms with Gasteiger partial charge in [0, 0.05) is 5.56 Å². The summed E-state index contributed by atoms with van der Waals surface area (Å²) in [6.45, 7) is 2.52. The number of hydrogen-bond donors (Lipinski definition) is 1. The van der Waals surface area contributed by atoms with Gasteiger partial charge in [0.05, 0.1) is 23.9 Å². The lowest BCUT2D eigenvalue weighted by atomic mass is 10.1. The number of carbonyl (C=O) groups is 1. The van der Waals surface area contributed by atoms with Crippen LogP contribution in [0.5, 0.6) is 23.0 Å². The minimum atomic E-state index is -0.198. The van der Waals surface area contributed by atoms with Crippen LogP contribution in [0.2, 0.25) is 0 Å². The summed E-state index contributed by atoms with van der Waals surface area (Å²) in [5, 5.41) is 0. The number of nitrogen functional groups attached to an aromatic ring is 1. The standard InChI is InChI=1S/C19H18BrNO5/c1-3-24-15-5-4-12(9-14(15)21)18(22)13(20)6-11-7-16(23-2)19-17(8-11)25-10-26-19/h4-9H,3,10,21H2,1-2H3/b13-6+. The molecule has 0 aromatic heterocycles. The zero-order valence-corrected chi connectivity index (χ0v) is 16.0. The number of fused-ring (bicyclic) bond motifs is 1. The number of nitrogens with two attached hydrogens (primary N) is 1. The summed E-state index contributed by atoms with van der Waals surface area (Å²) in [5.74, 6) is 2.05. The third-order valence-corrected chi connectivity index (χ3v) is 4.35. The van der Waals surface area contributed by atoms with E-state index >= 15 is 0 Å². The van der Waals surface area contributed by atoms with Crippen molar-refractivity contribution >= 4 is 33.5 Å². The van der Waals surface area contributed by atoms with E-state index in [0.29, 0.717) is 45.3 Å². The molecule has 0 fully saturated rings. The zero-order chi connectivity index (χ0) is 18.7. The number of benzene rings is 2.